The Balaban J connectivity index is 1.72. The lowest BCUT2D eigenvalue weighted by Gasteiger charge is -2.26. The van der Waals surface area contributed by atoms with E-state index in [-0.39, 0.29) is 12.1 Å². The summed E-state index contributed by atoms with van der Waals surface area (Å²) in [4.78, 5) is 31.4. The number of nitrogens with zero attached hydrogens (tertiary/aromatic N) is 2. The summed E-state index contributed by atoms with van der Waals surface area (Å²) in [6.07, 6.45) is 6.18. The second kappa shape index (κ2) is 8.75. The first-order valence-electron chi connectivity index (χ1n) is 9.70. The van der Waals surface area contributed by atoms with Crippen molar-refractivity contribution >= 4 is 17.8 Å². The van der Waals surface area contributed by atoms with Gasteiger partial charge in [0, 0.05) is 18.9 Å². The molecule has 0 bridgehead atoms. The minimum absolute atomic E-state index is 0.0346. The van der Waals surface area contributed by atoms with Gasteiger partial charge in [-0.25, -0.2) is 4.39 Å². The molecule has 0 saturated carbocycles. The maximum absolute atomic E-state index is 13.5. The van der Waals surface area contributed by atoms with Gasteiger partial charge in [-0.05, 0) is 41.0 Å². The number of aliphatic hydroxyl groups is 1. The van der Waals surface area contributed by atoms with Gasteiger partial charge >= 0.3 is 0 Å². The fraction of sp³-hybridized carbons (Fsp3) is 0.0800. The fourth-order valence-corrected chi connectivity index (χ4v) is 3.57. The Hall–Kier alpha value is -4.06. The van der Waals surface area contributed by atoms with Crippen LogP contribution in [0.15, 0.2) is 96.5 Å². The Labute approximate surface area is 178 Å². The Morgan fingerprint density at radius 3 is 2.48 bits per heavy atom. The molecule has 2 aromatic carbocycles. The van der Waals surface area contributed by atoms with Crippen LogP contribution in [0.4, 0.5) is 4.39 Å². The van der Waals surface area contributed by atoms with Crippen molar-refractivity contribution in [2.75, 3.05) is 0 Å². The molecule has 4 rings (SSSR count). The monoisotopic (exact) mass is 414 g/mol. The average Bonchev–Trinajstić information content (AvgIpc) is 3.04. The Kier molecular flexibility index (Phi) is 5.71. The summed E-state index contributed by atoms with van der Waals surface area (Å²) >= 11 is 0. The van der Waals surface area contributed by atoms with Crippen LogP contribution in [0.5, 0.6) is 0 Å². The van der Waals surface area contributed by atoms with Crippen LogP contribution in [-0.2, 0) is 16.1 Å². The lowest BCUT2D eigenvalue weighted by molar-refractivity contribution is -0.130. The van der Waals surface area contributed by atoms with Gasteiger partial charge in [0.2, 0.25) is 0 Å². The summed E-state index contributed by atoms with van der Waals surface area (Å²) in [5.74, 6) is -2.18. The molecule has 0 saturated heterocycles. The summed E-state index contributed by atoms with van der Waals surface area (Å²) in [6, 6.07) is 17.5. The normalized spacial score (nSPS) is 16.4. The average molecular weight is 414 g/mol. The lowest BCUT2D eigenvalue weighted by atomic mass is 9.95. The second-order valence-corrected chi connectivity index (χ2v) is 7.12. The SMILES string of the molecule is O=C(/C=C/c1ccccc1)C1=C(O)C(=O)N(Cc2cccnc2)C1c1ccc(F)cc1. The molecule has 5 nitrogen and oxygen atoms in total. The number of ketones is 1. The van der Waals surface area contributed by atoms with Crippen LogP contribution in [-0.4, -0.2) is 26.7 Å². The van der Waals surface area contributed by atoms with Crippen molar-refractivity contribution in [2.24, 2.45) is 0 Å². The zero-order valence-electron chi connectivity index (χ0n) is 16.5. The molecule has 1 aliphatic heterocycles. The van der Waals surface area contributed by atoms with Gasteiger partial charge in [0.1, 0.15) is 5.82 Å². The molecule has 31 heavy (non-hydrogen) atoms. The van der Waals surface area contributed by atoms with E-state index in [0.29, 0.717) is 5.56 Å². The number of hydrogen-bond donors (Lipinski definition) is 1. The molecule has 2 heterocycles. The third-order valence-electron chi connectivity index (χ3n) is 5.06. The number of pyridine rings is 1. The topological polar surface area (TPSA) is 70.5 Å². The molecular weight excluding hydrogens is 395 g/mol. The summed E-state index contributed by atoms with van der Waals surface area (Å²) in [5, 5.41) is 10.6. The zero-order chi connectivity index (χ0) is 21.8. The molecule has 0 fully saturated rings. The maximum atomic E-state index is 13.5. The molecule has 0 aliphatic carbocycles. The first-order valence-corrected chi connectivity index (χ1v) is 9.70. The molecule has 1 aromatic heterocycles. The largest absolute Gasteiger partial charge is 0.503 e. The summed E-state index contributed by atoms with van der Waals surface area (Å²) in [5.41, 5.74) is 2.04. The number of hydrogen-bond acceptors (Lipinski definition) is 4. The lowest BCUT2D eigenvalue weighted by Crippen LogP contribution is -2.30. The number of carbonyl (C=O) groups excluding carboxylic acids is 2. The Bertz CT molecular complexity index is 1160. The molecular formula is C25H19FN2O3. The van der Waals surface area contributed by atoms with Gasteiger partial charge in [0.25, 0.3) is 5.91 Å². The molecule has 1 amide bonds. The number of aromatic nitrogens is 1. The molecule has 1 aliphatic rings. The quantitative estimate of drug-likeness (QED) is 0.607. The van der Waals surface area contributed by atoms with Crippen molar-refractivity contribution in [3.63, 3.8) is 0 Å². The van der Waals surface area contributed by atoms with Crippen LogP contribution in [0, 0.1) is 5.82 Å². The van der Waals surface area contributed by atoms with Crippen LogP contribution in [0.25, 0.3) is 6.08 Å². The molecule has 1 atom stereocenters. The highest BCUT2D eigenvalue weighted by atomic mass is 19.1. The van der Waals surface area contributed by atoms with Crippen LogP contribution in [0.3, 0.4) is 0 Å². The van der Waals surface area contributed by atoms with Crippen LogP contribution >= 0.6 is 0 Å². The summed E-state index contributed by atoms with van der Waals surface area (Å²) in [6.45, 7) is 0.137. The predicted octanol–water partition coefficient (Wildman–Crippen LogP) is 4.40. The highest BCUT2D eigenvalue weighted by molar-refractivity contribution is 6.14. The third-order valence-corrected chi connectivity index (χ3v) is 5.06. The number of aliphatic hydroxyl groups excluding tert-OH is 1. The van der Waals surface area contributed by atoms with E-state index in [0.717, 1.165) is 11.1 Å². The van der Waals surface area contributed by atoms with Gasteiger partial charge in [-0.2, -0.15) is 0 Å². The Morgan fingerprint density at radius 1 is 1.06 bits per heavy atom. The van der Waals surface area contributed by atoms with Gasteiger partial charge in [-0.3, -0.25) is 14.6 Å². The first-order chi connectivity index (χ1) is 15.0. The van der Waals surface area contributed by atoms with Crippen LogP contribution < -0.4 is 0 Å². The van der Waals surface area contributed by atoms with E-state index >= 15 is 0 Å². The van der Waals surface area contributed by atoms with Crippen LogP contribution in [0.2, 0.25) is 0 Å². The van der Waals surface area contributed by atoms with Gasteiger partial charge in [0.15, 0.2) is 11.5 Å². The predicted molar refractivity (Wildman–Crippen MR) is 114 cm³/mol. The summed E-state index contributed by atoms with van der Waals surface area (Å²) in [7, 11) is 0. The molecule has 1 N–H and O–H groups in total. The maximum Gasteiger partial charge on any atom is 0.290 e. The van der Waals surface area contributed by atoms with Crippen molar-refractivity contribution < 1.29 is 19.1 Å². The van der Waals surface area contributed by atoms with E-state index < -0.39 is 29.3 Å². The van der Waals surface area contributed by atoms with Crippen molar-refractivity contribution in [2.45, 2.75) is 12.6 Å². The van der Waals surface area contributed by atoms with E-state index in [1.165, 1.54) is 35.2 Å². The van der Waals surface area contributed by atoms with Crippen LogP contribution in [0.1, 0.15) is 22.7 Å². The number of amides is 1. The van der Waals surface area contributed by atoms with Gasteiger partial charge < -0.3 is 10.0 Å². The van der Waals surface area contributed by atoms with Gasteiger partial charge in [-0.1, -0.05) is 54.6 Å². The number of carbonyl (C=O) groups is 2. The van der Waals surface area contributed by atoms with Crippen molar-refractivity contribution in [3.8, 4) is 0 Å². The smallest absolute Gasteiger partial charge is 0.290 e. The Morgan fingerprint density at radius 2 is 1.81 bits per heavy atom. The minimum Gasteiger partial charge on any atom is -0.503 e. The van der Waals surface area contributed by atoms with Gasteiger partial charge in [-0.15, -0.1) is 0 Å². The van der Waals surface area contributed by atoms with Gasteiger partial charge in [0.05, 0.1) is 11.6 Å². The third kappa shape index (κ3) is 4.28. The van der Waals surface area contributed by atoms with Crippen molar-refractivity contribution in [3.05, 3.63) is 119 Å². The molecule has 6 heteroatoms. The second-order valence-electron chi connectivity index (χ2n) is 7.12. The molecule has 0 radical (unpaired) electrons. The van der Waals surface area contributed by atoms with Crippen molar-refractivity contribution in [1.29, 1.82) is 0 Å². The van der Waals surface area contributed by atoms with E-state index in [1.807, 2.05) is 30.3 Å². The standard InChI is InChI=1S/C25H19FN2O3/c26-20-11-9-19(10-12-20)23-22(21(29)13-8-17-5-2-1-3-6-17)24(30)25(31)28(23)16-18-7-4-14-27-15-18/h1-15,23,30H,16H2/b13-8+. The first kappa shape index (κ1) is 20.2. The highest BCUT2D eigenvalue weighted by Gasteiger charge is 2.42. The molecule has 154 valence electrons. The summed E-state index contributed by atoms with van der Waals surface area (Å²) < 4.78 is 13.5. The number of benzene rings is 2. The molecule has 3 aromatic rings. The number of allylic oxidation sites excluding steroid dienone is 1. The van der Waals surface area contributed by atoms with E-state index in [4.69, 9.17) is 0 Å². The molecule has 1 unspecified atom stereocenters. The van der Waals surface area contributed by atoms with E-state index in [1.54, 1.807) is 30.6 Å². The van der Waals surface area contributed by atoms with Crippen molar-refractivity contribution in [1.82, 2.24) is 9.88 Å². The van der Waals surface area contributed by atoms with E-state index in [2.05, 4.69) is 4.98 Å². The fourth-order valence-electron chi connectivity index (χ4n) is 3.57. The zero-order valence-corrected chi connectivity index (χ0v) is 16.5. The number of rotatable bonds is 6. The highest BCUT2D eigenvalue weighted by Crippen LogP contribution is 2.39. The number of halogens is 1. The molecule has 0 spiro atoms. The minimum atomic E-state index is -0.846. The van der Waals surface area contributed by atoms with E-state index in [9.17, 15) is 19.1 Å².